The summed E-state index contributed by atoms with van der Waals surface area (Å²) >= 11 is 3.47. The summed E-state index contributed by atoms with van der Waals surface area (Å²) in [5.74, 6) is 0.203. The highest BCUT2D eigenvalue weighted by molar-refractivity contribution is 9.10. The number of hydrogen-bond donors (Lipinski definition) is 2. The van der Waals surface area contributed by atoms with E-state index in [0.29, 0.717) is 6.54 Å². The molecule has 0 saturated heterocycles. The molecule has 0 bridgehead atoms. The minimum Gasteiger partial charge on any atom is -0.369 e. The fourth-order valence-corrected chi connectivity index (χ4v) is 2.98. The molecule has 3 N–H and O–H groups in total. The topological polar surface area (TPSA) is 75.0 Å². The third kappa shape index (κ3) is 2.76. The number of anilines is 1. The molecule has 0 spiro atoms. The zero-order valence-corrected chi connectivity index (χ0v) is 12.5. The highest BCUT2D eigenvalue weighted by Gasteiger charge is 2.20. The quantitative estimate of drug-likeness (QED) is 0.876. The molecule has 1 aromatic heterocycles. The standard InChI is InChI=1S/C14H15BrN4O/c15-10-3-1-2-9(6-10)7-19-5-4-12-11(8-19)13(20)18-14(16)17-12/h1-3,6H,4-5,7-8H2,(H3,16,17,18,20). The summed E-state index contributed by atoms with van der Waals surface area (Å²) in [7, 11) is 0. The molecule has 1 aliphatic heterocycles. The molecule has 2 aromatic rings. The maximum atomic E-state index is 11.9. The Labute approximate surface area is 125 Å². The molecule has 1 aromatic carbocycles. The molecule has 0 amide bonds. The predicted octanol–water partition coefficient (Wildman–Crippen LogP) is 1.67. The molecule has 3 rings (SSSR count). The van der Waals surface area contributed by atoms with Crippen LogP contribution >= 0.6 is 15.9 Å². The van der Waals surface area contributed by atoms with Crippen molar-refractivity contribution in [2.45, 2.75) is 19.5 Å². The van der Waals surface area contributed by atoms with E-state index >= 15 is 0 Å². The van der Waals surface area contributed by atoms with Crippen molar-refractivity contribution in [3.8, 4) is 0 Å². The van der Waals surface area contributed by atoms with Crippen LogP contribution in [0, 0.1) is 0 Å². The van der Waals surface area contributed by atoms with E-state index in [0.717, 1.165) is 35.2 Å². The van der Waals surface area contributed by atoms with Gasteiger partial charge >= 0.3 is 0 Å². The Balaban J connectivity index is 1.81. The molecule has 1 aliphatic rings. The summed E-state index contributed by atoms with van der Waals surface area (Å²) in [6.07, 6.45) is 0.761. The van der Waals surface area contributed by atoms with Gasteiger partial charge in [0.2, 0.25) is 5.95 Å². The van der Waals surface area contributed by atoms with Gasteiger partial charge in [0.15, 0.2) is 0 Å². The van der Waals surface area contributed by atoms with E-state index in [1.54, 1.807) is 0 Å². The molecule has 0 fully saturated rings. The fourth-order valence-electron chi connectivity index (χ4n) is 2.53. The predicted molar refractivity (Wildman–Crippen MR) is 81.2 cm³/mol. The first-order chi connectivity index (χ1) is 9.61. The van der Waals surface area contributed by atoms with Crippen molar-refractivity contribution in [1.29, 1.82) is 0 Å². The largest absolute Gasteiger partial charge is 0.369 e. The molecule has 0 radical (unpaired) electrons. The van der Waals surface area contributed by atoms with E-state index in [2.05, 4.69) is 42.9 Å². The van der Waals surface area contributed by atoms with Crippen molar-refractivity contribution < 1.29 is 0 Å². The Kier molecular flexibility index (Phi) is 3.58. The van der Waals surface area contributed by atoms with Gasteiger partial charge in [-0.2, -0.15) is 0 Å². The lowest BCUT2D eigenvalue weighted by atomic mass is 10.1. The molecule has 0 saturated carbocycles. The maximum Gasteiger partial charge on any atom is 0.257 e. The highest BCUT2D eigenvalue weighted by Crippen LogP contribution is 2.18. The monoisotopic (exact) mass is 334 g/mol. The van der Waals surface area contributed by atoms with E-state index in [1.165, 1.54) is 5.56 Å². The normalized spacial score (nSPS) is 15.1. The number of aromatic nitrogens is 2. The van der Waals surface area contributed by atoms with Gasteiger partial charge in [0.25, 0.3) is 5.56 Å². The van der Waals surface area contributed by atoms with Crippen LogP contribution in [0.2, 0.25) is 0 Å². The first kappa shape index (κ1) is 13.3. The van der Waals surface area contributed by atoms with Gasteiger partial charge in [-0.1, -0.05) is 28.1 Å². The number of aromatic amines is 1. The molecule has 0 atom stereocenters. The zero-order valence-electron chi connectivity index (χ0n) is 10.9. The van der Waals surface area contributed by atoms with Gasteiger partial charge in [-0.25, -0.2) is 4.98 Å². The van der Waals surface area contributed by atoms with Crippen LogP contribution in [0.4, 0.5) is 5.95 Å². The Morgan fingerprint density at radius 3 is 3.10 bits per heavy atom. The number of nitrogens with one attached hydrogen (secondary N) is 1. The highest BCUT2D eigenvalue weighted by atomic mass is 79.9. The lowest BCUT2D eigenvalue weighted by Crippen LogP contribution is -2.35. The van der Waals surface area contributed by atoms with Crippen molar-refractivity contribution in [1.82, 2.24) is 14.9 Å². The van der Waals surface area contributed by atoms with Gasteiger partial charge in [-0.15, -0.1) is 0 Å². The summed E-state index contributed by atoms with van der Waals surface area (Å²) in [4.78, 5) is 21.0. The lowest BCUT2D eigenvalue weighted by Gasteiger charge is -2.27. The van der Waals surface area contributed by atoms with Crippen molar-refractivity contribution in [3.05, 3.63) is 55.9 Å². The van der Waals surface area contributed by atoms with Crippen LogP contribution in [0.15, 0.2) is 33.5 Å². The molecular weight excluding hydrogens is 320 g/mol. The second-order valence-electron chi connectivity index (χ2n) is 4.97. The van der Waals surface area contributed by atoms with E-state index in [4.69, 9.17) is 5.73 Å². The number of nitrogen functional groups attached to an aromatic ring is 1. The van der Waals surface area contributed by atoms with Gasteiger partial charge in [-0.05, 0) is 17.7 Å². The number of halogens is 1. The minimum atomic E-state index is -0.119. The Bertz CT molecular complexity index is 698. The van der Waals surface area contributed by atoms with Crippen molar-refractivity contribution in [3.63, 3.8) is 0 Å². The minimum absolute atomic E-state index is 0.119. The molecule has 20 heavy (non-hydrogen) atoms. The Hall–Kier alpha value is -1.66. The number of H-pyrrole nitrogens is 1. The van der Waals surface area contributed by atoms with Crippen LogP contribution in [0.3, 0.4) is 0 Å². The smallest absolute Gasteiger partial charge is 0.257 e. The number of nitrogens with zero attached hydrogens (tertiary/aromatic N) is 2. The van der Waals surface area contributed by atoms with Crippen molar-refractivity contribution in [2.24, 2.45) is 0 Å². The third-order valence-corrected chi connectivity index (χ3v) is 3.95. The SMILES string of the molecule is Nc1nc2c(c(=O)[nH]1)CN(Cc1cccc(Br)c1)CC2. The van der Waals surface area contributed by atoms with Gasteiger partial charge in [0.05, 0.1) is 11.3 Å². The molecular formula is C14H15BrN4O. The van der Waals surface area contributed by atoms with E-state index in [9.17, 15) is 4.79 Å². The van der Waals surface area contributed by atoms with E-state index in [-0.39, 0.29) is 11.5 Å². The number of nitrogens with two attached hydrogens (primary N) is 1. The van der Waals surface area contributed by atoms with Crippen LogP contribution in [-0.4, -0.2) is 21.4 Å². The first-order valence-electron chi connectivity index (χ1n) is 6.46. The van der Waals surface area contributed by atoms with E-state index in [1.807, 2.05) is 12.1 Å². The van der Waals surface area contributed by atoms with Crippen LogP contribution < -0.4 is 11.3 Å². The molecule has 5 nitrogen and oxygen atoms in total. The maximum absolute atomic E-state index is 11.9. The Morgan fingerprint density at radius 2 is 2.30 bits per heavy atom. The second kappa shape index (κ2) is 5.38. The zero-order chi connectivity index (χ0) is 14.1. The number of rotatable bonds is 2. The average Bonchev–Trinajstić information content (AvgIpc) is 2.39. The van der Waals surface area contributed by atoms with Crippen LogP contribution in [0.5, 0.6) is 0 Å². The molecule has 104 valence electrons. The van der Waals surface area contributed by atoms with Gasteiger partial charge in [0.1, 0.15) is 0 Å². The lowest BCUT2D eigenvalue weighted by molar-refractivity contribution is 0.242. The third-order valence-electron chi connectivity index (χ3n) is 3.46. The fraction of sp³-hybridized carbons (Fsp3) is 0.286. The number of fused-ring (bicyclic) bond motifs is 1. The Morgan fingerprint density at radius 1 is 1.45 bits per heavy atom. The van der Waals surface area contributed by atoms with Crippen LogP contribution in [0.25, 0.3) is 0 Å². The number of benzene rings is 1. The summed E-state index contributed by atoms with van der Waals surface area (Å²) < 4.78 is 1.07. The second-order valence-corrected chi connectivity index (χ2v) is 5.88. The summed E-state index contributed by atoms with van der Waals surface area (Å²) in [6.45, 7) is 2.32. The first-order valence-corrected chi connectivity index (χ1v) is 7.25. The van der Waals surface area contributed by atoms with E-state index < -0.39 is 0 Å². The molecule has 2 heterocycles. The summed E-state index contributed by atoms with van der Waals surface area (Å²) in [5.41, 5.74) is 8.24. The van der Waals surface area contributed by atoms with Gasteiger partial charge in [-0.3, -0.25) is 14.7 Å². The van der Waals surface area contributed by atoms with Gasteiger partial charge in [0, 0.05) is 30.5 Å². The molecule has 0 unspecified atom stereocenters. The molecule has 6 heteroatoms. The summed E-state index contributed by atoms with van der Waals surface area (Å²) in [6, 6.07) is 8.21. The van der Waals surface area contributed by atoms with Crippen molar-refractivity contribution in [2.75, 3.05) is 12.3 Å². The molecule has 0 aliphatic carbocycles. The average molecular weight is 335 g/mol. The van der Waals surface area contributed by atoms with Crippen molar-refractivity contribution >= 4 is 21.9 Å². The van der Waals surface area contributed by atoms with Crippen LogP contribution in [0.1, 0.15) is 16.8 Å². The summed E-state index contributed by atoms with van der Waals surface area (Å²) in [5, 5.41) is 0. The van der Waals surface area contributed by atoms with Crippen LogP contribution in [-0.2, 0) is 19.5 Å². The number of hydrogen-bond acceptors (Lipinski definition) is 4. The van der Waals surface area contributed by atoms with Gasteiger partial charge < -0.3 is 5.73 Å².